The van der Waals surface area contributed by atoms with Crippen molar-refractivity contribution in [3.05, 3.63) is 30.6 Å². The minimum atomic E-state index is -2.75. The van der Waals surface area contributed by atoms with E-state index in [0.29, 0.717) is 24.6 Å². The van der Waals surface area contributed by atoms with Gasteiger partial charge in [-0.05, 0) is 24.6 Å². The predicted molar refractivity (Wildman–Crippen MR) is 112 cm³/mol. The van der Waals surface area contributed by atoms with Gasteiger partial charge >= 0.3 is 6.09 Å². The molecule has 0 N–H and O–H groups in total. The highest BCUT2D eigenvalue weighted by Gasteiger charge is 2.57. The maximum Gasteiger partial charge on any atom is 0.414 e. The van der Waals surface area contributed by atoms with Gasteiger partial charge in [0, 0.05) is 31.6 Å². The highest BCUT2D eigenvalue weighted by Crippen LogP contribution is 2.48. The number of benzene rings is 1. The zero-order valence-corrected chi connectivity index (χ0v) is 17.8. The Morgan fingerprint density at radius 2 is 2.00 bits per heavy atom. The van der Waals surface area contributed by atoms with Gasteiger partial charge in [-0.3, -0.25) is 14.4 Å². The molecule has 2 amide bonds. The van der Waals surface area contributed by atoms with Crippen molar-refractivity contribution in [3.8, 4) is 11.1 Å². The van der Waals surface area contributed by atoms with Crippen LogP contribution in [0, 0.1) is 5.92 Å². The van der Waals surface area contributed by atoms with Gasteiger partial charge in [0.05, 0.1) is 48.8 Å². The Bertz CT molecular complexity index is 1070. The van der Waals surface area contributed by atoms with Crippen LogP contribution in [0.25, 0.3) is 11.1 Å². The monoisotopic (exact) mass is 446 g/mol. The molecule has 2 aliphatic heterocycles. The maximum absolute atomic E-state index is 13.2. The van der Waals surface area contributed by atoms with Crippen LogP contribution in [0.2, 0.25) is 0 Å². The van der Waals surface area contributed by atoms with Gasteiger partial charge in [-0.25, -0.2) is 13.6 Å². The minimum Gasteiger partial charge on any atom is -0.449 e. The summed E-state index contributed by atoms with van der Waals surface area (Å²) >= 11 is 0. The number of aromatic nitrogens is 2. The van der Waals surface area contributed by atoms with Gasteiger partial charge in [-0.2, -0.15) is 5.10 Å². The fourth-order valence-corrected chi connectivity index (χ4v) is 4.22. The summed E-state index contributed by atoms with van der Waals surface area (Å²) in [5, 5.41) is 4.40. The Morgan fingerprint density at radius 3 is 2.62 bits per heavy atom. The second kappa shape index (κ2) is 7.54. The molecular weight excluding hydrogens is 422 g/mol. The molecule has 5 rings (SSSR count). The molecule has 170 valence electrons. The molecule has 3 heterocycles. The van der Waals surface area contributed by atoms with Crippen molar-refractivity contribution >= 4 is 23.4 Å². The van der Waals surface area contributed by atoms with E-state index in [1.807, 2.05) is 29.9 Å². The third-order valence-electron chi connectivity index (χ3n) is 6.27. The molecule has 0 spiro atoms. The third kappa shape index (κ3) is 3.62. The Hall–Kier alpha value is -3.01. The molecule has 1 unspecified atom stereocenters. The van der Waals surface area contributed by atoms with E-state index in [1.54, 1.807) is 17.2 Å². The van der Waals surface area contributed by atoms with Crippen LogP contribution < -0.4 is 9.80 Å². The number of amides is 2. The van der Waals surface area contributed by atoms with Crippen molar-refractivity contribution in [2.75, 3.05) is 36.2 Å². The molecule has 1 aromatic heterocycles. The number of alkyl halides is 2. The second-order valence-corrected chi connectivity index (χ2v) is 8.69. The molecule has 0 bridgehead atoms. The molecule has 8 nitrogen and oxygen atoms in total. The summed E-state index contributed by atoms with van der Waals surface area (Å²) in [6, 6.07) is 5.40. The third-order valence-corrected chi connectivity index (χ3v) is 6.27. The van der Waals surface area contributed by atoms with Crippen LogP contribution in [-0.2, 0) is 14.3 Å². The van der Waals surface area contributed by atoms with Crippen LogP contribution in [0.3, 0.4) is 0 Å². The van der Waals surface area contributed by atoms with Gasteiger partial charge in [-0.15, -0.1) is 0 Å². The number of anilines is 2. The molecule has 10 heteroatoms. The van der Waals surface area contributed by atoms with Gasteiger partial charge in [0.1, 0.15) is 6.61 Å². The molecule has 0 radical (unpaired) electrons. The molecule has 2 atom stereocenters. The lowest BCUT2D eigenvalue weighted by Gasteiger charge is -2.40. The lowest BCUT2D eigenvalue weighted by atomic mass is 10.0. The summed E-state index contributed by atoms with van der Waals surface area (Å²) in [6.45, 7) is 4.43. The van der Waals surface area contributed by atoms with E-state index in [4.69, 9.17) is 9.47 Å². The van der Waals surface area contributed by atoms with E-state index in [2.05, 4.69) is 5.10 Å². The first-order valence-electron chi connectivity index (χ1n) is 10.6. The summed E-state index contributed by atoms with van der Waals surface area (Å²) in [4.78, 5) is 28.2. The molecule has 2 fully saturated rings. The number of nitrogens with zero attached hydrogens (tertiary/aromatic N) is 4. The van der Waals surface area contributed by atoms with Gasteiger partial charge in [0.25, 0.3) is 5.92 Å². The molecule has 2 aromatic rings. The average molecular weight is 446 g/mol. The highest BCUT2D eigenvalue weighted by molar-refractivity contribution is 6.03. The van der Waals surface area contributed by atoms with Crippen LogP contribution in [-0.4, -0.2) is 60.1 Å². The van der Waals surface area contributed by atoms with Crippen LogP contribution in [0.4, 0.5) is 25.0 Å². The maximum atomic E-state index is 13.2. The predicted octanol–water partition coefficient (Wildman–Crippen LogP) is 3.47. The van der Waals surface area contributed by atoms with Crippen molar-refractivity contribution in [1.29, 1.82) is 0 Å². The van der Waals surface area contributed by atoms with Crippen LogP contribution >= 0.6 is 0 Å². The fourth-order valence-electron chi connectivity index (χ4n) is 4.22. The number of halogens is 2. The first-order valence-corrected chi connectivity index (χ1v) is 10.6. The zero-order chi connectivity index (χ0) is 22.6. The van der Waals surface area contributed by atoms with E-state index in [9.17, 15) is 18.4 Å². The van der Waals surface area contributed by atoms with Crippen molar-refractivity contribution < 1.29 is 27.8 Å². The lowest BCUT2D eigenvalue weighted by Crippen LogP contribution is -2.51. The van der Waals surface area contributed by atoms with Crippen LogP contribution in [0.5, 0.6) is 0 Å². The molecule has 1 aliphatic carbocycles. The van der Waals surface area contributed by atoms with Gasteiger partial charge in [0.2, 0.25) is 5.91 Å². The molecular formula is C22H24F2N4O4. The number of rotatable bonds is 4. The Kier molecular flexibility index (Phi) is 4.92. The summed E-state index contributed by atoms with van der Waals surface area (Å²) in [5.74, 6) is -3.82. The number of hydrogen-bond donors (Lipinski definition) is 0. The summed E-state index contributed by atoms with van der Waals surface area (Å²) in [7, 11) is 0. The highest BCUT2D eigenvalue weighted by atomic mass is 19.3. The first kappa shape index (κ1) is 20.9. The molecule has 3 aliphatic rings. The number of ether oxygens (including phenoxy) is 2. The van der Waals surface area contributed by atoms with E-state index >= 15 is 0 Å². The summed E-state index contributed by atoms with van der Waals surface area (Å²) in [5.41, 5.74) is 2.76. The Balaban J connectivity index is 1.45. The quantitative estimate of drug-likeness (QED) is 0.719. The Labute approximate surface area is 183 Å². The molecule has 1 saturated carbocycles. The largest absolute Gasteiger partial charge is 0.449 e. The number of carbonyl (C=O) groups excluding carboxylic acids is 2. The Morgan fingerprint density at radius 1 is 1.25 bits per heavy atom. The smallest absolute Gasteiger partial charge is 0.414 e. The average Bonchev–Trinajstić information content (AvgIpc) is 3.07. The standard InChI is InChI=1S/C22H24F2N4O4/c1-13-8-26(21(30)32-10-17-6-22(17,23)24)20-5-15(3-4-19(20)28(13)14(2)29)16-7-25-27(9-16)18-11-31-12-18/h3-5,7,9,13,17-18H,6,8,10-12H2,1-2H3/t13-,17?/m0/s1. The van der Waals surface area contributed by atoms with Crippen LogP contribution in [0.15, 0.2) is 30.6 Å². The SMILES string of the molecule is CC(=O)N1c2ccc(-c3cnn(C4COC4)c3)cc2N(C(=O)OCC2CC2(F)F)C[C@@H]1C. The van der Waals surface area contributed by atoms with Crippen molar-refractivity contribution in [2.24, 2.45) is 5.92 Å². The summed E-state index contributed by atoms with van der Waals surface area (Å²) in [6.07, 6.45) is 2.71. The van der Waals surface area contributed by atoms with Gasteiger partial charge in [0.15, 0.2) is 0 Å². The van der Waals surface area contributed by atoms with E-state index in [-0.39, 0.29) is 37.6 Å². The number of hydrogen-bond acceptors (Lipinski definition) is 5. The molecule has 1 aromatic carbocycles. The van der Waals surface area contributed by atoms with Crippen LogP contribution in [0.1, 0.15) is 26.3 Å². The van der Waals surface area contributed by atoms with E-state index < -0.39 is 17.9 Å². The van der Waals surface area contributed by atoms with Gasteiger partial charge < -0.3 is 14.4 Å². The van der Waals surface area contributed by atoms with E-state index in [1.165, 1.54) is 11.8 Å². The summed E-state index contributed by atoms with van der Waals surface area (Å²) < 4.78 is 38.7. The van der Waals surface area contributed by atoms with Crippen molar-refractivity contribution in [3.63, 3.8) is 0 Å². The van der Waals surface area contributed by atoms with E-state index in [0.717, 1.165) is 11.1 Å². The molecule has 32 heavy (non-hydrogen) atoms. The normalized spacial score (nSPS) is 24.0. The van der Waals surface area contributed by atoms with Gasteiger partial charge in [-0.1, -0.05) is 6.07 Å². The van der Waals surface area contributed by atoms with Crippen molar-refractivity contribution in [1.82, 2.24) is 9.78 Å². The second-order valence-electron chi connectivity index (χ2n) is 8.69. The van der Waals surface area contributed by atoms with Crippen molar-refractivity contribution in [2.45, 2.75) is 38.3 Å². The first-order chi connectivity index (χ1) is 15.2. The fraction of sp³-hybridized carbons (Fsp3) is 0.500. The minimum absolute atomic E-state index is 0.144. The topological polar surface area (TPSA) is 76.9 Å². The zero-order valence-electron chi connectivity index (χ0n) is 17.8. The number of fused-ring (bicyclic) bond motifs is 1. The molecule has 1 saturated heterocycles. The number of carbonyl (C=O) groups is 2. The lowest BCUT2D eigenvalue weighted by molar-refractivity contribution is -0.117.